The maximum absolute atomic E-state index is 11.8. The number of aromatic nitrogens is 3. The summed E-state index contributed by atoms with van der Waals surface area (Å²) in [6.45, 7) is 3.94. The van der Waals surface area contributed by atoms with Gasteiger partial charge in [0, 0.05) is 19.8 Å². The zero-order valence-electron chi connectivity index (χ0n) is 13.3. The Morgan fingerprint density at radius 3 is 2.68 bits per heavy atom. The molecule has 1 heterocycles. The predicted molar refractivity (Wildman–Crippen MR) is 86.2 cm³/mol. The first-order chi connectivity index (χ1) is 10.4. The van der Waals surface area contributed by atoms with Crippen molar-refractivity contribution in [2.75, 3.05) is 5.75 Å². The summed E-state index contributed by atoms with van der Waals surface area (Å²) in [5.74, 6) is -0.316. The van der Waals surface area contributed by atoms with Gasteiger partial charge in [0.2, 0.25) is 5.91 Å². The number of carbonyl (C=O) groups is 1. The third kappa shape index (κ3) is 5.14. The van der Waals surface area contributed by atoms with Crippen LogP contribution in [0.2, 0.25) is 0 Å². The van der Waals surface area contributed by atoms with E-state index in [-0.39, 0.29) is 16.7 Å². The predicted octanol–water partition coefficient (Wildman–Crippen LogP) is 0.253. The Balaban J connectivity index is 2.62. The van der Waals surface area contributed by atoms with Gasteiger partial charge in [-0.05, 0) is 19.8 Å². The molecule has 8 nitrogen and oxygen atoms in total. The Kier molecular flexibility index (Phi) is 7.03. The van der Waals surface area contributed by atoms with Gasteiger partial charge in [-0.15, -0.1) is 0 Å². The van der Waals surface area contributed by atoms with E-state index in [1.807, 2.05) is 6.92 Å². The van der Waals surface area contributed by atoms with Gasteiger partial charge in [0.15, 0.2) is 5.03 Å². The van der Waals surface area contributed by atoms with Crippen LogP contribution in [0.15, 0.2) is 19.7 Å². The first-order valence-corrected chi connectivity index (χ1v) is 7.94. The van der Waals surface area contributed by atoms with Gasteiger partial charge in [-0.1, -0.05) is 25.1 Å². The number of hydrazone groups is 1. The van der Waals surface area contributed by atoms with Crippen LogP contribution in [0.4, 0.5) is 0 Å². The van der Waals surface area contributed by atoms with Crippen LogP contribution < -0.4 is 16.7 Å². The van der Waals surface area contributed by atoms with Crippen LogP contribution in [0.1, 0.15) is 33.1 Å². The number of nitrogens with one attached hydrogen (secondary N) is 1. The molecular weight excluding hydrogens is 306 g/mol. The van der Waals surface area contributed by atoms with Gasteiger partial charge >= 0.3 is 5.69 Å². The Bertz CT molecular complexity index is 677. The molecule has 0 fully saturated rings. The van der Waals surface area contributed by atoms with Crippen LogP contribution in [0, 0.1) is 0 Å². The summed E-state index contributed by atoms with van der Waals surface area (Å²) < 4.78 is 2.02. The number of nitrogens with zero attached hydrogens (tertiary/aromatic N) is 4. The van der Waals surface area contributed by atoms with Crippen LogP contribution in [-0.2, 0) is 18.9 Å². The zero-order valence-corrected chi connectivity index (χ0v) is 14.1. The second-order valence-electron chi connectivity index (χ2n) is 4.85. The van der Waals surface area contributed by atoms with E-state index in [0.717, 1.165) is 46.0 Å². The van der Waals surface area contributed by atoms with Crippen LogP contribution in [0.25, 0.3) is 0 Å². The molecule has 0 unspecified atom stereocenters. The number of carbonyl (C=O) groups excluding carboxylic acids is 1. The lowest BCUT2D eigenvalue weighted by Gasteiger charge is -2.05. The van der Waals surface area contributed by atoms with Crippen LogP contribution in [0.3, 0.4) is 0 Å². The summed E-state index contributed by atoms with van der Waals surface area (Å²) in [7, 11) is 2.82. The van der Waals surface area contributed by atoms with Crippen LogP contribution in [0.5, 0.6) is 0 Å². The Morgan fingerprint density at radius 1 is 1.36 bits per heavy atom. The molecule has 0 saturated heterocycles. The Labute approximate surface area is 132 Å². The van der Waals surface area contributed by atoms with E-state index >= 15 is 0 Å². The first-order valence-electron chi connectivity index (χ1n) is 6.96. The lowest BCUT2D eigenvalue weighted by Crippen LogP contribution is -2.39. The molecule has 0 saturated carbocycles. The molecular formula is C13H21N5O3S. The van der Waals surface area contributed by atoms with E-state index in [1.165, 1.54) is 14.1 Å². The lowest BCUT2D eigenvalue weighted by atomic mass is 10.2. The summed E-state index contributed by atoms with van der Waals surface area (Å²) in [5, 5.41) is 7.95. The summed E-state index contributed by atoms with van der Waals surface area (Å²) >= 11 is 0.976. The van der Waals surface area contributed by atoms with Crippen LogP contribution in [-0.4, -0.2) is 31.7 Å². The first kappa shape index (κ1) is 18.1. The molecule has 1 N–H and O–H groups in total. The minimum Gasteiger partial charge on any atom is -0.272 e. The maximum atomic E-state index is 11.8. The van der Waals surface area contributed by atoms with E-state index in [4.69, 9.17) is 0 Å². The molecule has 0 aliphatic rings. The smallest absolute Gasteiger partial charge is 0.272 e. The van der Waals surface area contributed by atoms with Crippen LogP contribution >= 0.6 is 11.8 Å². The quantitative estimate of drug-likeness (QED) is 0.440. The van der Waals surface area contributed by atoms with Gasteiger partial charge < -0.3 is 0 Å². The van der Waals surface area contributed by atoms with E-state index in [0.29, 0.717) is 0 Å². The molecule has 9 heteroatoms. The molecule has 22 heavy (non-hydrogen) atoms. The fraction of sp³-hybridized carbons (Fsp3) is 0.615. The Morgan fingerprint density at radius 2 is 2.05 bits per heavy atom. The molecule has 0 spiro atoms. The minimum absolute atomic E-state index is 0.00496. The highest BCUT2D eigenvalue weighted by Gasteiger charge is 2.11. The van der Waals surface area contributed by atoms with Gasteiger partial charge in [0.05, 0.1) is 5.75 Å². The van der Waals surface area contributed by atoms with Crippen molar-refractivity contribution < 1.29 is 4.79 Å². The van der Waals surface area contributed by atoms with Gasteiger partial charge in [-0.3, -0.25) is 14.2 Å². The van der Waals surface area contributed by atoms with Gasteiger partial charge in [-0.2, -0.15) is 10.2 Å². The summed E-state index contributed by atoms with van der Waals surface area (Å²) in [6, 6.07) is 0. The van der Waals surface area contributed by atoms with Gasteiger partial charge in [-0.25, -0.2) is 14.9 Å². The highest BCUT2D eigenvalue weighted by molar-refractivity contribution is 7.99. The van der Waals surface area contributed by atoms with E-state index in [9.17, 15) is 14.4 Å². The third-order valence-electron chi connectivity index (χ3n) is 2.90. The van der Waals surface area contributed by atoms with E-state index in [2.05, 4.69) is 22.5 Å². The van der Waals surface area contributed by atoms with Crippen molar-refractivity contribution in [1.82, 2.24) is 19.8 Å². The molecule has 1 amide bonds. The fourth-order valence-corrected chi connectivity index (χ4v) is 2.35. The lowest BCUT2D eigenvalue weighted by molar-refractivity contribution is -0.118. The number of hydrogen-bond donors (Lipinski definition) is 1. The SMILES string of the molecule is CCCC/C(C)=N\NC(=O)CSc1nn(C)c(=O)n(C)c1=O. The molecule has 0 bridgehead atoms. The zero-order chi connectivity index (χ0) is 16.7. The van der Waals surface area contributed by atoms with Gasteiger partial charge in [0.1, 0.15) is 0 Å². The molecule has 0 aromatic carbocycles. The molecule has 0 atom stereocenters. The second kappa shape index (κ2) is 8.52. The van der Waals surface area contributed by atoms with E-state index in [1.54, 1.807) is 0 Å². The number of amides is 1. The summed E-state index contributed by atoms with van der Waals surface area (Å²) in [5.41, 5.74) is 2.29. The molecule has 122 valence electrons. The van der Waals surface area contributed by atoms with Crippen molar-refractivity contribution in [2.45, 2.75) is 38.1 Å². The molecule has 1 aromatic rings. The third-order valence-corrected chi connectivity index (χ3v) is 3.83. The fourth-order valence-electron chi connectivity index (χ4n) is 1.57. The topological polar surface area (TPSA) is 98.3 Å². The van der Waals surface area contributed by atoms with Crippen molar-refractivity contribution in [1.29, 1.82) is 0 Å². The normalized spacial score (nSPS) is 11.5. The number of aryl methyl sites for hydroxylation is 1. The van der Waals surface area contributed by atoms with Crippen molar-refractivity contribution >= 4 is 23.4 Å². The molecule has 0 aliphatic heterocycles. The highest BCUT2D eigenvalue weighted by atomic mass is 32.2. The van der Waals surface area contributed by atoms with Crippen molar-refractivity contribution in [3.05, 3.63) is 20.8 Å². The molecule has 0 aliphatic carbocycles. The second-order valence-corrected chi connectivity index (χ2v) is 5.81. The molecule has 1 aromatic heterocycles. The number of rotatable bonds is 7. The average Bonchev–Trinajstić information content (AvgIpc) is 2.50. The van der Waals surface area contributed by atoms with Gasteiger partial charge in [0.25, 0.3) is 5.56 Å². The van der Waals surface area contributed by atoms with Crippen molar-refractivity contribution in [3.8, 4) is 0 Å². The minimum atomic E-state index is -0.511. The Hall–Kier alpha value is -1.90. The highest BCUT2D eigenvalue weighted by Crippen LogP contribution is 2.08. The average molecular weight is 327 g/mol. The summed E-state index contributed by atoms with van der Waals surface area (Å²) in [6.07, 6.45) is 2.93. The number of thioether (sulfide) groups is 1. The standard InChI is InChI=1S/C13H21N5O3S/c1-5-6-7-9(2)14-15-10(19)8-22-11-12(20)17(3)13(21)18(4)16-11/h5-8H2,1-4H3,(H,15,19)/b14-9-. The van der Waals surface area contributed by atoms with Crippen molar-refractivity contribution in [3.63, 3.8) is 0 Å². The maximum Gasteiger partial charge on any atom is 0.346 e. The number of hydrogen-bond acceptors (Lipinski definition) is 6. The number of unbranched alkanes of at least 4 members (excludes halogenated alkanes) is 1. The molecule has 1 rings (SSSR count). The molecule has 0 radical (unpaired) electrons. The monoisotopic (exact) mass is 327 g/mol. The largest absolute Gasteiger partial charge is 0.346 e. The summed E-state index contributed by atoms with van der Waals surface area (Å²) in [4.78, 5) is 35.0. The van der Waals surface area contributed by atoms with E-state index < -0.39 is 11.2 Å². The van der Waals surface area contributed by atoms with Crippen molar-refractivity contribution in [2.24, 2.45) is 19.2 Å².